The third-order valence-electron chi connectivity index (χ3n) is 4.41. The predicted octanol–water partition coefficient (Wildman–Crippen LogP) is 2.18. The molecule has 2 heterocycles. The van der Waals surface area contributed by atoms with Crippen molar-refractivity contribution in [2.75, 3.05) is 13.1 Å². The highest BCUT2D eigenvalue weighted by Gasteiger charge is 2.21. The van der Waals surface area contributed by atoms with Crippen molar-refractivity contribution in [1.82, 2.24) is 20.4 Å². The normalized spacial score (nSPS) is 15.6. The van der Waals surface area contributed by atoms with Gasteiger partial charge in [-0.15, -0.1) is 0 Å². The number of benzene rings is 1. The van der Waals surface area contributed by atoms with Gasteiger partial charge in [0.2, 0.25) is 0 Å². The summed E-state index contributed by atoms with van der Waals surface area (Å²) >= 11 is 0. The summed E-state index contributed by atoms with van der Waals surface area (Å²) in [6.45, 7) is 6.07. The van der Waals surface area contributed by atoms with Gasteiger partial charge < -0.3 is 15.7 Å². The molecule has 6 nitrogen and oxygen atoms in total. The number of nitrogens with one attached hydrogen (secondary N) is 2. The van der Waals surface area contributed by atoms with Gasteiger partial charge in [0.25, 0.3) is 5.91 Å². The average molecular weight is 328 g/mol. The fourth-order valence-corrected chi connectivity index (χ4v) is 2.89. The molecule has 128 valence electrons. The lowest BCUT2D eigenvalue weighted by Crippen LogP contribution is -2.42. The minimum absolute atomic E-state index is 0.0708. The number of piperidine rings is 1. The fourth-order valence-electron chi connectivity index (χ4n) is 2.89. The van der Waals surface area contributed by atoms with Crippen LogP contribution < -0.4 is 10.6 Å². The predicted molar refractivity (Wildman–Crippen MR) is 92.7 cm³/mol. The molecule has 0 saturated carbocycles. The average Bonchev–Trinajstić information content (AvgIpc) is 2.98. The second-order valence-electron chi connectivity index (χ2n) is 6.55. The molecule has 0 atom stereocenters. The summed E-state index contributed by atoms with van der Waals surface area (Å²) in [5.41, 5.74) is 2.12. The molecule has 0 unspecified atom stereocenters. The maximum atomic E-state index is 12.4. The van der Waals surface area contributed by atoms with E-state index in [1.54, 1.807) is 0 Å². The molecular weight excluding hydrogens is 304 g/mol. The quantitative estimate of drug-likeness (QED) is 0.804. The fraction of sp³-hybridized carbons (Fsp3) is 0.444. The number of nitrogens with zero attached hydrogens (tertiary/aromatic N) is 2. The van der Waals surface area contributed by atoms with Crippen LogP contribution in [0, 0.1) is 0 Å². The molecule has 1 amide bonds. The molecule has 1 aromatic carbocycles. The third kappa shape index (κ3) is 3.59. The van der Waals surface area contributed by atoms with Crippen molar-refractivity contribution in [2.45, 2.75) is 38.6 Å². The van der Waals surface area contributed by atoms with Crippen LogP contribution in [0.2, 0.25) is 0 Å². The van der Waals surface area contributed by atoms with E-state index in [4.69, 9.17) is 0 Å². The van der Waals surface area contributed by atoms with Crippen LogP contribution in [0.3, 0.4) is 0 Å². The minimum atomic E-state index is -0.322. The van der Waals surface area contributed by atoms with Gasteiger partial charge in [-0.25, -0.2) is 4.68 Å². The maximum Gasteiger partial charge on any atom is 0.275 e. The van der Waals surface area contributed by atoms with Crippen LogP contribution in [-0.2, 0) is 0 Å². The van der Waals surface area contributed by atoms with E-state index in [9.17, 15) is 9.90 Å². The highest BCUT2D eigenvalue weighted by molar-refractivity contribution is 5.95. The molecule has 24 heavy (non-hydrogen) atoms. The number of hydrogen-bond donors (Lipinski definition) is 3. The smallest absolute Gasteiger partial charge is 0.275 e. The van der Waals surface area contributed by atoms with Crippen molar-refractivity contribution in [1.29, 1.82) is 0 Å². The Balaban J connectivity index is 1.75. The number of carbonyl (C=O) groups excluding carboxylic acids is 1. The summed E-state index contributed by atoms with van der Waals surface area (Å²) in [7, 11) is 0. The Morgan fingerprint density at radius 3 is 2.58 bits per heavy atom. The first kappa shape index (κ1) is 16.5. The second kappa shape index (κ2) is 7.05. The van der Waals surface area contributed by atoms with Gasteiger partial charge in [0.15, 0.2) is 11.4 Å². The lowest BCUT2D eigenvalue weighted by molar-refractivity contribution is 0.0921. The molecule has 1 aliphatic rings. The van der Waals surface area contributed by atoms with E-state index >= 15 is 0 Å². The largest absolute Gasteiger partial charge is 0.504 e. The number of carbonyl (C=O) groups is 1. The SMILES string of the molecule is CC(C)c1ccc(-n2cc(O)c(C(=O)NC3CCNCC3)n2)cc1. The summed E-state index contributed by atoms with van der Waals surface area (Å²) in [6.07, 6.45) is 3.26. The number of aromatic hydroxyl groups is 1. The summed E-state index contributed by atoms with van der Waals surface area (Å²) in [5, 5.41) is 20.5. The van der Waals surface area contributed by atoms with Gasteiger partial charge in [-0.05, 0) is 49.5 Å². The lowest BCUT2D eigenvalue weighted by atomic mass is 10.0. The molecule has 1 aliphatic heterocycles. The van der Waals surface area contributed by atoms with E-state index in [2.05, 4.69) is 29.6 Å². The van der Waals surface area contributed by atoms with Crippen molar-refractivity contribution >= 4 is 5.91 Å². The standard InChI is InChI=1S/C18H24N4O2/c1-12(2)13-3-5-15(6-4-13)22-11-16(23)17(21-22)18(24)20-14-7-9-19-10-8-14/h3-6,11-12,14,19,23H,7-10H2,1-2H3,(H,20,24). The molecule has 0 radical (unpaired) electrons. The number of hydrogen-bond acceptors (Lipinski definition) is 4. The topological polar surface area (TPSA) is 79.2 Å². The van der Waals surface area contributed by atoms with Crippen molar-refractivity contribution < 1.29 is 9.90 Å². The molecule has 1 aromatic heterocycles. The zero-order chi connectivity index (χ0) is 17.1. The first-order valence-corrected chi connectivity index (χ1v) is 8.45. The summed E-state index contributed by atoms with van der Waals surface area (Å²) in [5.74, 6) is 0.0303. The molecule has 6 heteroatoms. The maximum absolute atomic E-state index is 12.4. The van der Waals surface area contributed by atoms with Gasteiger partial charge in [0.05, 0.1) is 11.9 Å². The van der Waals surface area contributed by atoms with E-state index in [-0.39, 0.29) is 23.4 Å². The van der Waals surface area contributed by atoms with Crippen molar-refractivity contribution in [2.24, 2.45) is 0 Å². The van der Waals surface area contributed by atoms with Crippen LogP contribution in [0.25, 0.3) is 5.69 Å². The summed E-state index contributed by atoms with van der Waals surface area (Å²) in [4.78, 5) is 12.4. The first-order chi connectivity index (χ1) is 11.5. The molecule has 2 aromatic rings. The zero-order valence-electron chi connectivity index (χ0n) is 14.1. The van der Waals surface area contributed by atoms with E-state index < -0.39 is 0 Å². The third-order valence-corrected chi connectivity index (χ3v) is 4.41. The highest BCUT2D eigenvalue weighted by atomic mass is 16.3. The number of rotatable bonds is 4. The van der Waals surface area contributed by atoms with Gasteiger partial charge in [-0.3, -0.25) is 4.79 Å². The van der Waals surface area contributed by atoms with Crippen molar-refractivity contribution in [3.05, 3.63) is 41.7 Å². The van der Waals surface area contributed by atoms with Crippen LogP contribution in [0.1, 0.15) is 48.7 Å². The van der Waals surface area contributed by atoms with Crippen molar-refractivity contribution in [3.63, 3.8) is 0 Å². The molecular formula is C18H24N4O2. The molecule has 1 fully saturated rings. The second-order valence-corrected chi connectivity index (χ2v) is 6.55. The van der Waals surface area contributed by atoms with E-state index in [1.807, 2.05) is 24.3 Å². The first-order valence-electron chi connectivity index (χ1n) is 8.45. The Morgan fingerprint density at radius 2 is 1.96 bits per heavy atom. The highest BCUT2D eigenvalue weighted by Crippen LogP contribution is 2.21. The molecule has 0 bridgehead atoms. The van der Waals surface area contributed by atoms with Crippen LogP contribution in [0.4, 0.5) is 0 Å². The van der Waals surface area contributed by atoms with E-state index in [0.717, 1.165) is 31.6 Å². The molecule has 3 N–H and O–H groups in total. The molecule has 0 spiro atoms. The molecule has 1 saturated heterocycles. The molecule has 0 aliphatic carbocycles. The summed E-state index contributed by atoms with van der Waals surface area (Å²) in [6, 6.07) is 8.08. The van der Waals surface area contributed by atoms with Gasteiger partial charge in [0.1, 0.15) is 0 Å². The van der Waals surface area contributed by atoms with E-state index in [1.165, 1.54) is 16.4 Å². The molecule has 3 rings (SSSR count). The van der Waals surface area contributed by atoms with Gasteiger partial charge in [-0.1, -0.05) is 26.0 Å². The number of aromatic nitrogens is 2. The Morgan fingerprint density at radius 1 is 1.29 bits per heavy atom. The number of amides is 1. The lowest BCUT2D eigenvalue weighted by Gasteiger charge is -2.23. The van der Waals surface area contributed by atoms with Crippen molar-refractivity contribution in [3.8, 4) is 11.4 Å². The Kier molecular flexibility index (Phi) is 4.85. The Labute approximate surface area is 141 Å². The van der Waals surface area contributed by atoms with Crippen LogP contribution in [-0.4, -0.2) is 39.9 Å². The summed E-state index contributed by atoms with van der Waals surface area (Å²) < 4.78 is 1.54. The zero-order valence-corrected chi connectivity index (χ0v) is 14.1. The van der Waals surface area contributed by atoms with E-state index in [0.29, 0.717) is 5.92 Å². The van der Waals surface area contributed by atoms with Gasteiger partial charge in [-0.2, -0.15) is 5.10 Å². The Hall–Kier alpha value is -2.34. The Bertz CT molecular complexity index is 700. The monoisotopic (exact) mass is 328 g/mol. The van der Waals surface area contributed by atoms with Crippen LogP contribution in [0.5, 0.6) is 5.75 Å². The van der Waals surface area contributed by atoms with Gasteiger partial charge in [0, 0.05) is 6.04 Å². The minimum Gasteiger partial charge on any atom is -0.504 e. The van der Waals surface area contributed by atoms with Crippen LogP contribution in [0.15, 0.2) is 30.5 Å². The van der Waals surface area contributed by atoms with Gasteiger partial charge >= 0.3 is 0 Å². The van der Waals surface area contributed by atoms with Crippen LogP contribution >= 0.6 is 0 Å².